The average molecular weight is 371 g/mol. The number of nitro groups is 1. The van der Waals surface area contributed by atoms with Crippen molar-refractivity contribution in [2.75, 3.05) is 11.9 Å². The number of hydrogen-bond donors (Lipinski definition) is 1. The predicted molar refractivity (Wildman–Crippen MR) is 101 cm³/mol. The Kier molecular flexibility index (Phi) is 5.43. The number of nitro benzene ring substituents is 1. The molecule has 0 aliphatic carbocycles. The van der Waals surface area contributed by atoms with Crippen LogP contribution in [0.3, 0.4) is 0 Å². The van der Waals surface area contributed by atoms with Gasteiger partial charge in [0.15, 0.2) is 5.13 Å². The number of hydrogen-bond acceptors (Lipinski definition) is 6. The zero-order valence-electron chi connectivity index (χ0n) is 14.1. The number of thiazole rings is 1. The Labute approximate surface area is 153 Å². The van der Waals surface area contributed by atoms with Crippen molar-refractivity contribution in [3.8, 4) is 5.75 Å². The van der Waals surface area contributed by atoms with Crippen molar-refractivity contribution in [1.82, 2.24) is 4.98 Å². The molecule has 0 aliphatic rings. The van der Waals surface area contributed by atoms with E-state index in [4.69, 9.17) is 4.74 Å². The van der Waals surface area contributed by atoms with Crippen LogP contribution in [0.2, 0.25) is 0 Å². The maximum Gasteiger partial charge on any atom is 0.270 e. The molecule has 26 heavy (non-hydrogen) atoms. The molecule has 8 heteroatoms. The van der Waals surface area contributed by atoms with Gasteiger partial charge >= 0.3 is 0 Å². The summed E-state index contributed by atoms with van der Waals surface area (Å²) in [6, 6.07) is 11.4. The smallest absolute Gasteiger partial charge is 0.270 e. The van der Waals surface area contributed by atoms with Crippen LogP contribution >= 0.6 is 11.3 Å². The number of anilines is 1. The van der Waals surface area contributed by atoms with Gasteiger partial charge in [0.2, 0.25) is 0 Å². The van der Waals surface area contributed by atoms with E-state index in [1.165, 1.54) is 23.5 Å². The highest BCUT2D eigenvalue weighted by Gasteiger charge is 2.13. The monoisotopic (exact) mass is 371 g/mol. The largest absolute Gasteiger partial charge is 0.494 e. The van der Waals surface area contributed by atoms with Crippen molar-refractivity contribution in [1.29, 1.82) is 0 Å². The van der Waals surface area contributed by atoms with Gasteiger partial charge in [0, 0.05) is 17.7 Å². The Morgan fingerprint density at radius 3 is 2.92 bits per heavy atom. The molecular formula is C18H17N3O4S. The second-order valence-electron chi connectivity index (χ2n) is 5.61. The van der Waals surface area contributed by atoms with Crippen molar-refractivity contribution in [2.24, 2.45) is 0 Å². The SMILES string of the molecule is CCCCOc1cccc(C(=O)Nc2nc3ccc([N+](=O)[O-])cc3s2)c1. The van der Waals surface area contributed by atoms with E-state index in [0.717, 1.165) is 12.8 Å². The first kappa shape index (κ1) is 17.8. The number of rotatable bonds is 7. The van der Waals surface area contributed by atoms with Gasteiger partial charge < -0.3 is 4.74 Å². The lowest BCUT2D eigenvalue weighted by molar-refractivity contribution is -0.384. The van der Waals surface area contributed by atoms with Crippen LogP contribution in [0.15, 0.2) is 42.5 Å². The lowest BCUT2D eigenvalue weighted by Gasteiger charge is -2.07. The number of nitrogens with zero attached hydrogens (tertiary/aromatic N) is 2. The van der Waals surface area contributed by atoms with E-state index in [1.54, 1.807) is 24.3 Å². The first-order valence-electron chi connectivity index (χ1n) is 8.16. The molecule has 1 amide bonds. The van der Waals surface area contributed by atoms with E-state index in [9.17, 15) is 14.9 Å². The number of amides is 1. The van der Waals surface area contributed by atoms with Gasteiger partial charge in [-0.15, -0.1) is 0 Å². The Hall–Kier alpha value is -3.00. The first-order valence-corrected chi connectivity index (χ1v) is 8.97. The molecule has 0 aliphatic heterocycles. The highest BCUT2D eigenvalue weighted by Crippen LogP contribution is 2.29. The van der Waals surface area contributed by atoms with Crippen LogP contribution in [0.4, 0.5) is 10.8 Å². The minimum atomic E-state index is -0.457. The predicted octanol–water partition coefficient (Wildman–Crippen LogP) is 4.64. The lowest BCUT2D eigenvalue weighted by atomic mass is 10.2. The zero-order chi connectivity index (χ0) is 18.5. The molecule has 0 fully saturated rings. The maximum absolute atomic E-state index is 12.4. The standard InChI is InChI=1S/C18H17N3O4S/c1-2-3-9-25-14-6-4-5-12(10-14)17(22)20-18-19-15-8-7-13(21(23)24)11-16(15)26-18/h4-8,10-11H,2-3,9H2,1H3,(H,19,20,22). The third-order valence-corrected chi connectivity index (χ3v) is 4.60. The van der Waals surface area contributed by atoms with Crippen LogP contribution in [0, 0.1) is 10.1 Å². The fraction of sp³-hybridized carbons (Fsp3) is 0.222. The number of aromatic nitrogens is 1. The van der Waals surface area contributed by atoms with E-state index < -0.39 is 4.92 Å². The summed E-state index contributed by atoms with van der Waals surface area (Å²) in [5.41, 5.74) is 1.06. The maximum atomic E-state index is 12.4. The number of non-ortho nitro benzene ring substituents is 1. The molecule has 1 heterocycles. The number of carbonyl (C=O) groups excluding carboxylic acids is 1. The molecule has 3 rings (SSSR count). The highest BCUT2D eigenvalue weighted by atomic mass is 32.1. The fourth-order valence-electron chi connectivity index (χ4n) is 2.31. The van der Waals surface area contributed by atoms with Crippen molar-refractivity contribution in [2.45, 2.75) is 19.8 Å². The molecule has 0 unspecified atom stereocenters. The zero-order valence-corrected chi connectivity index (χ0v) is 14.9. The summed E-state index contributed by atoms with van der Waals surface area (Å²) in [6.45, 7) is 2.69. The molecular weight excluding hydrogens is 354 g/mol. The molecule has 0 saturated heterocycles. The van der Waals surface area contributed by atoms with Gasteiger partial charge in [-0.05, 0) is 30.7 Å². The molecule has 0 saturated carbocycles. The Morgan fingerprint density at radius 2 is 2.15 bits per heavy atom. The van der Waals surface area contributed by atoms with E-state index in [1.807, 2.05) is 6.07 Å². The number of unbranched alkanes of at least 4 members (excludes halogenated alkanes) is 1. The van der Waals surface area contributed by atoms with Crippen LogP contribution in [-0.4, -0.2) is 22.4 Å². The second kappa shape index (κ2) is 7.92. The van der Waals surface area contributed by atoms with Gasteiger partial charge in [0.05, 0.1) is 21.7 Å². The van der Waals surface area contributed by atoms with E-state index in [-0.39, 0.29) is 11.6 Å². The van der Waals surface area contributed by atoms with Gasteiger partial charge in [-0.1, -0.05) is 30.7 Å². The van der Waals surface area contributed by atoms with Crippen LogP contribution in [0.25, 0.3) is 10.2 Å². The third kappa shape index (κ3) is 4.15. The van der Waals surface area contributed by atoms with Gasteiger partial charge in [0.25, 0.3) is 11.6 Å². The highest BCUT2D eigenvalue weighted by molar-refractivity contribution is 7.22. The van der Waals surface area contributed by atoms with Gasteiger partial charge in [-0.2, -0.15) is 0 Å². The van der Waals surface area contributed by atoms with Crippen LogP contribution in [0.5, 0.6) is 5.75 Å². The van der Waals surface area contributed by atoms with Crippen LogP contribution in [-0.2, 0) is 0 Å². The molecule has 134 valence electrons. The molecule has 0 atom stereocenters. The summed E-state index contributed by atoms with van der Waals surface area (Å²) in [6.07, 6.45) is 1.99. The van der Waals surface area contributed by atoms with E-state index in [2.05, 4.69) is 17.2 Å². The molecule has 0 radical (unpaired) electrons. The Bertz CT molecular complexity index is 955. The molecule has 1 aromatic heterocycles. The molecule has 3 aromatic rings. The van der Waals surface area contributed by atoms with Crippen LogP contribution < -0.4 is 10.1 Å². The van der Waals surface area contributed by atoms with Gasteiger partial charge in [0.1, 0.15) is 5.75 Å². The van der Waals surface area contributed by atoms with E-state index in [0.29, 0.717) is 33.3 Å². The molecule has 1 N–H and O–H groups in total. The summed E-state index contributed by atoms with van der Waals surface area (Å²) in [5.74, 6) is 0.338. The normalized spacial score (nSPS) is 10.7. The second-order valence-corrected chi connectivity index (χ2v) is 6.64. The van der Waals surface area contributed by atoms with Gasteiger partial charge in [-0.3, -0.25) is 20.2 Å². The average Bonchev–Trinajstić information content (AvgIpc) is 3.03. The van der Waals surface area contributed by atoms with E-state index >= 15 is 0 Å². The van der Waals surface area contributed by atoms with Crippen molar-refractivity contribution >= 4 is 38.3 Å². The first-order chi connectivity index (χ1) is 12.6. The van der Waals surface area contributed by atoms with Crippen molar-refractivity contribution in [3.63, 3.8) is 0 Å². The Morgan fingerprint density at radius 1 is 1.31 bits per heavy atom. The minimum absolute atomic E-state index is 0.00374. The summed E-state index contributed by atoms with van der Waals surface area (Å²) in [7, 11) is 0. The molecule has 0 spiro atoms. The number of ether oxygens (including phenoxy) is 1. The molecule has 0 bridgehead atoms. The summed E-state index contributed by atoms with van der Waals surface area (Å²) < 4.78 is 6.26. The van der Waals surface area contributed by atoms with Crippen molar-refractivity contribution < 1.29 is 14.5 Å². The summed E-state index contributed by atoms with van der Waals surface area (Å²) in [4.78, 5) is 27.1. The molecule has 2 aromatic carbocycles. The number of benzene rings is 2. The number of fused-ring (bicyclic) bond motifs is 1. The summed E-state index contributed by atoms with van der Waals surface area (Å²) >= 11 is 1.19. The van der Waals surface area contributed by atoms with Crippen LogP contribution in [0.1, 0.15) is 30.1 Å². The van der Waals surface area contributed by atoms with Gasteiger partial charge in [-0.25, -0.2) is 4.98 Å². The number of carbonyl (C=O) groups is 1. The third-order valence-electron chi connectivity index (χ3n) is 3.67. The summed E-state index contributed by atoms with van der Waals surface area (Å²) in [5, 5.41) is 14.0. The van der Waals surface area contributed by atoms with Crippen molar-refractivity contribution in [3.05, 3.63) is 58.1 Å². The number of nitrogens with one attached hydrogen (secondary N) is 1. The minimum Gasteiger partial charge on any atom is -0.494 e. The molecule has 7 nitrogen and oxygen atoms in total. The topological polar surface area (TPSA) is 94.4 Å². The lowest BCUT2D eigenvalue weighted by Crippen LogP contribution is -2.11. The Balaban J connectivity index is 1.74. The quantitative estimate of drug-likeness (QED) is 0.371. The fourth-order valence-corrected chi connectivity index (χ4v) is 3.21.